The summed E-state index contributed by atoms with van der Waals surface area (Å²) in [7, 11) is 1.45. The number of aromatic carboxylic acids is 1. The number of aliphatic hydroxyl groups is 1. The molecule has 18 heavy (non-hydrogen) atoms. The van der Waals surface area contributed by atoms with Crippen LogP contribution in [0.4, 0.5) is 10.1 Å². The number of halogens is 2. The minimum atomic E-state index is -1.22. The Hall–Kier alpha value is -1.18. The first kappa shape index (κ1) is 14.9. The number of carboxylic acids is 1. The molecule has 0 aliphatic heterocycles. The molecule has 0 saturated heterocycles. The normalized spacial score (nSPS) is 12.2. The van der Waals surface area contributed by atoms with Gasteiger partial charge in [0.05, 0.1) is 28.4 Å². The summed E-state index contributed by atoms with van der Waals surface area (Å²) in [5.41, 5.74) is -0.0440. The Morgan fingerprint density at radius 3 is 2.83 bits per heavy atom. The van der Waals surface area contributed by atoms with E-state index in [0.29, 0.717) is 0 Å². The number of rotatable bonds is 6. The van der Waals surface area contributed by atoms with Crippen LogP contribution in [0.2, 0.25) is 0 Å². The van der Waals surface area contributed by atoms with E-state index in [9.17, 15) is 14.3 Å². The molecular weight excluding hydrogens is 309 g/mol. The van der Waals surface area contributed by atoms with Gasteiger partial charge in [-0.3, -0.25) is 0 Å². The molecule has 1 atom stereocenters. The number of hydrogen-bond donors (Lipinski definition) is 3. The third-order valence-corrected chi connectivity index (χ3v) is 2.98. The lowest BCUT2D eigenvalue weighted by molar-refractivity contribution is 0.0694. The van der Waals surface area contributed by atoms with Gasteiger partial charge in [0.25, 0.3) is 0 Å². The second-order valence-electron chi connectivity index (χ2n) is 3.58. The van der Waals surface area contributed by atoms with E-state index in [0.717, 1.165) is 0 Å². The summed E-state index contributed by atoms with van der Waals surface area (Å²) in [6.07, 6.45) is -0.771. The maximum atomic E-state index is 13.8. The molecule has 0 aromatic heterocycles. The van der Waals surface area contributed by atoms with Crippen molar-refractivity contribution in [3.05, 3.63) is 28.0 Å². The molecule has 3 N–H and O–H groups in total. The molecule has 5 nitrogen and oxygen atoms in total. The van der Waals surface area contributed by atoms with E-state index in [4.69, 9.17) is 9.84 Å². The molecule has 0 spiro atoms. The van der Waals surface area contributed by atoms with Crippen molar-refractivity contribution in [2.45, 2.75) is 6.10 Å². The Morgan fingerprint density at radius 1 is 1.61 bits per heavy atom. The number of benzene rings is 1. The molecule has 0 amide bonds. The average molecular weight is 322 g/mol. The molecule has 0 saturated carbocycles. The first-order chi connectivity index (χ1) is 8.47. The number of aliphatic hydroxyl groups excluding tert-OH is 1. The molecule has 0 aliphatic carbocycles. The maximum absolute atomic E-state index is 13.8. The number of carboxylic acid groups (broad SMARTS) is 1. The van der Waals surface area contributed by atoms with E-state index in [2.05, 4.69) is 21.2 Å². The Labute approximate surface area is 112 Å². The van der Waals surface area contributed by atoms with Crippen molar-refractivity contribution >= 4 is 27.6 Å². The van der Waals surface area contributed by atoms with Crippen molar-refractivity contribution in [1.29, 1.82) is 0 Å². The van der Waals surface area contributed by atoms with E-state index in [1.54, 1.807) is 0 Å². The highest BCUT2D eigenvalue weighted by molar-refractivity contribution is 9.10. The van der Waals surface area contributed by atoms with Gasteiger partial charge in [-0.05, 0) is 28.1 Å². The van der Waals surface area contributed by atoms with Crippen molar-refractivity contribution in [1.82, 2.24) is 0 Å². The number of carbonyl (C=O) groups is 1. The number of methoxy groups -OCH3 is 1. The molecule has 1 unspecified atom stereocenters. The molecule has 7 heteroatoms. The van der Waals surface area contributed by atoms with Gasteiger partial charge in [0.2, 0.25) is 0 Å². The molecule has 0 bridgehead atoms. The summed E-state index contributed by atoms with van der Waals surface area (Å²) < 4.78 is 18.4. The van der Waals surface area contributed by atoms with Gasteiger partial charge in [-0.25, -0.2) is 9.18 Å². The van der Waals surface area contributed by atoms with Crippen molar-refractivity contribution < 1.29 is 24.1 Å². The fraction of sp³-hybridized carbons (Fsp3) is 0.364. The van der Waals surface area contributed by atoms with Gasteiger partial charge < -0.3 is 20.3 Å². The van der Waals surface area contributed by atoms with Crippen LogP contribution in [-0.4, -0.2) is 42.5 Å². The lowest BCUT2D eigenvalue weighted by Crippen LogP contribution is -2.24. The number of ether oxygens (including phenoxy) is 1. The molecule has 0 heterocycles. The van der Waals surface area contributed by atoms with Gasteiger partial charge in [0, 0.05) is 13.7 Å². The zero-order valence-corrected chi connectivity index (χ0v) is 11.2. The fourth-order valence-electron chi connectivity index (χ4n) is 1.33. The zero-order valence-electron chi connectivity index (χ0n) is 9.61. The molecule has 0 fully saturated rings. The Kier molecular flexibility index (Phi) is 5.52. The predicted octanol–water partition coefficient (Wildman–Crippen LogP) is 1.71. The van der Waals surface area contributed by atoms with Crippen LogP contribution in [0.3, 0.4) is 0 Å². The zero-order chi connectivity index (χ0) is 13.7. The van der Waals surface area contributed by atoms with Gasteiger partial charge in [0.15, 0.2) is 5.82 Å². The van der Waals surface area contributed by atoms with Crippen molar-refractivity contribution in [3.8, 4) is 0 Å². The van der Waals surface area contributed by atoms with Crippen molar-refractivity contribution in [2.24, 2.45) is 0 Å². The van der Waals surface area contributed by atoms with Crippen molar-refractivity contribution in [3.63, 3.8) is 0 Å². The summed E-state index contributed by atoms with van der Waals surface area (Å²) in [5, 5.41) is 20.9. The van der Waals surface area contributed by atoms with Crippen LogP contribution in [0, 0.1) is 5.82 Å². The van der Waals surface area contributed by atoms with Gasteiger partial charge in [-0.15, -0.1) is 0 Å². The third kappa shape index (κ3) is 3.66. The monoisotopic (exact) mass is 321 g/mol. The second kappa shape index (κ2) is 6.67. The molecule has 1 rings (SSSR count). The first-order valence-electron chi connectivity index (χ1n) is 5.09. The largest absolute Gasteiger partial charge is 0.478 e. The standard InChI is InChI=1S/C11H13BrFNO4/c1-18-5-6(15)4-14-8-3-2-7(11(16)17)9(12)10(8)13/h2-3,6,14-15H,4-5H2,1H3,(H,16,17). The van der Waals surface area contributed by atoms with Crippen LogP contribution in [0.5, 0.6) is 0 Å². The summed E-state index contributed by atoms with van der Waals surface area (Å²) in [6.45, 7) is 0.229. The highest BCUT2D eigenvalue weighted by Gasteiger charge is 2.16. The maximum Gasteiger partial charge on any atom is 0.336 e. The third-order valence-electron chi connectivity index (χ3n) is 2.20. The number of hydrogen-bond acceptors (Lipinski definition) is 4. The van der Waals surface area contributed by atoms with E-state index < -0.39 is 17.9 Å². The van der Waals surface area contributed by atoms with Crippen LogP contribution < -0.4 is 5.32 Å². The van der Waals surface area contributed by atoms with Crippen LogP contribution in [0.1, 0.15) is 10.4 Å². The SMILES string of the molecule is COCC(O)CNc1ccc(C(=O)O)c(Br)c1F. The van der Waals surface area contributed by atoms with Gasteiger partial charge >= 0.3 is 5.97 Å². The molecule has 0 aliphatic rings. The Morgan fingerprint density at radius 2 is 2.28 bits per heavy atom. The Balaban J connectivity index is 2.79. The van der Waals surface area contributed by atoms with Crippen LogP contribution in [0.15, 0.2) is 16.6 Å². The van der Waals surface area contributed by atoms with Crippen LogP contribution in [0.25, 0.3) is 0 Å². The smallest absolute Gasteiger partial charge is 0.336 e. The minimum absolute atomic E-state index is 0.101. The van der Waals surface area contributed by atoms with Gasteiger partial charge in [0.1, 0.15) is 0 Å². The fourth-order valence-corrected chi connectivity index (χ4v) is 1.85. The highest BCUT2D eigenvalue weighted by Crippen LogP contribution is 2.27. The number of anilines is 1. The van der Waals surface area contributed by atoms with Crippen LogP contribution in [-0.2, 0) is 4.74 Å². The molecule has 1 aromatic rings. The summed E-state index contributed by atoms with van der Waals surface area (Å²) >= 11 is 2.89. The van der Waals surface area contributed by atoms with E-state index >= 15 is 0 Å². The minimum Gasteiger partial charge on any atom is -0.478 e. The molecule has 0 radical (unpaired) electrons. The Bertz CT molecular complexity index is 441. The van der Waals surface area contributed by atoms with Gasteiger partial charge in [-0.1, -0.05) is 0 Å². The van der Waals surface area contributed by atoms with Crippen LogP contribution >= 0.6 is 15.9 Å². The summed E-state index contributed by atoms with van der Waals surface area (Å²) in [6, 6.07) is 2.59. The molecule has 100 valence electrons. The van der Waals surface area contributed by atoms with E-state index in [1.165, 1.54) is 19.2 Å². The highest BCUT2D eigenvalue weighted by atomic mass is 79.9. The predicted molar refractivity (Wildman–Crippen MR) is 67.4 cm³/mol. The first-order valence-corrected chi connectivity index (χ1v) is 5.88. The molecular formula is C11H13BrFNO4. The quantitative estimate of drug-likeness (QED) is 0.743. The van der Waals surface area contributed by atoms with E-state index in [-0.39, 0.29) is 28.9 Å². The summed E-state index contributed by atoms with van der Waals surface area (Å²) in [4.78, 5) is 10.8. The lowest BCUT2D eigenvalue weighted by atomic mass is 10.2. The van der Waals surface area contributed by atoms with Crippen molar-refractivity contribution in [2.75, 3.05) is 25.6 Å². The average Bonchev–Trinajstić information content (AvgIpc) is 2.31. The summed E-state index contributed by atoms with van der Waals surface area (Å²) in [5.74, 6) is -1.92. The lowest BCUT2D eigenvalue weighted by Gasteiger charge is -2.13. The van der Waals surface area contributed by atoms with E-state index in [1.807, 2.05) is 0 Å². The second-order valence-corrected chi connectivity index (χ2v) is 4.38. The topological polar surface area (TPSA) is 78.8 Å². The van der Waals surface area contributed by atoms with Gasteiger partial charge in [-0.2, -0.15) is 0 Å². The number of nitrogens with one attached hydrogen (secondary N) is 1. The molecule has 1 aromatic carbocycles.